The van der Waals surface area contributed by atoms with E-state index in [9.17, 15) is 14.9 Å². The van der Waals surface area contributed by atoms with Crippen molar-refractivity contribution >= 4 is 52.1 Å². The van der Waals surface area contributed by atoms with Crippen molar-refractivity contribution in [3.63, 3.8) is 0 Å². The number of halogens is 1. The Morgan fingerprint density at radius 2 is 2.17 bits per heavy atom. The summed E-state index contributed by atoms with van der Waals surface area (Å²) in [4.78, 5) is 30.3. The summed E-state index contributed by atoms with van der Waals surface area (Å²) in [5.74, 6) is 0.412. The minimum absolute atomic E-state index is 0.0656. The highest BCUT2D eigenvalue weighted by Gasteiger charge is 2.18. The number of Topliss-reactive ketones (excluding diaryl/α,β-unsaturated/α-hetero) is 1. The number of aromatic nitrogens is 2. The van der Waals surface area contributed by atoms with E-state index in [4.69, 9.17) is 11.6 Å². The lowest BCUT2D eigenvalue weighted by molar-refractivity contribution is 0.105. The first-order valence-corrected chi connectivity index (χ1v) is 11.7. The number of ketones is 1. The van der Waals surface area contributed by atoms with Crippen LogP contribution in [0.2, 0.25) is 5.02 Å². The molecule has 0 atom stereocenters. The maximum absolute atomic E-state index is 13.1. The standard InChI is InChI=1S/C22H18ClN3O2S2/c1-29-11-5-10-26-21(28)19(13-17-8-2-3-9-25-17)30-22(26)18(14-24)20(27)15-6-4-7-16(23)12-15/h2-4,6-9,12-13H,5,10-11H2,1H3/b19-13+,22-18-. The molecule has 1 aromatic carbocycles. The quantitative estimate of drug-likeness (QED) is 0.404. The van der Waals surface area contributed by atoms with E-state index >= 15 is 0 Å². The van der Waals surface area contributed by atoms with E-state index in [-0.39, 0.29) is 11.1 Å². The van der Waals surface area contributed by atoms with Gasteiger partial charge in [0.1, 0.15) is 16.3 Å². The number of benzene rings is 1. The number of thiazole rings is 1. The summed E-state index contributed by atoms with van der Waals surface area (Å²) in [5.41, 5.74) is 0.654. The third-order valence-corrected chi connectivity index (χ3v) is 6.31. The van der Waals surface area contributed by atoms with Crippen LogP contribution in [-0.4, -0.2) is 27.3 Å². The van der Waals surface area contributed by atoms with Crippen molar-refractivity contribution in [3.8, 4) is 6.07 Å². The Bertz CT molecular complexity index is 1270. The van der Waals surface area contributed by atoms with Gasteiger partial charge < -0.3 is 0 Å². The minimum Gasteiger partial charge on any atom is -0.298 e. The van der Waals surface area contributed by atoms with Crippen LogP contribution in [0.25, 0.3) is 11.6 Å². The van der Waals surface area contributed by atoms with E-state index in [2.05, 4.69) is 4.98 Å². The van der Waals surface area contributed by atoms with Gasteiger partial charge in [-0.25, -0.2) is 0 Å². The Kier molecular flexibility index (Phi) is 7.63. The first-order chi connectivity index (χ1) is 14.5. The Morgan fingerprint density at radius 1 is 1.33 bits per heavy atom. The lowest BCUT2D eigenvalue weighted by atomic mass is 10.1. The summed E-state index contributed by atoms with van der Waals surface area (Å²) in [7, 11) is 0. The SMILES string of the molecule is CSCCCn1c(=O)/c(=C\c2ccccn2)s/c1=C(/C#N)C(=O)c1cccc(Cl)c1. The van der Waals surface area contributed by atoms with E-state index in [0.29, 0.717) is 32.0 Å². The Hall–Kier alpha value is -2.66. The maximum atomic E-state index is 13.1. The number of pyridine rings is 1. The van der Waals surface area contributed by atoms with Crippen molar-refractivity contribution in [1.82, 2.24) is 9.55 Å². The van der Waals surface area contributed by atoms with Crippen LogP contribution < -0.4 is 14.8 Å². The summed E-state index contributed by atoms with van der Waals surface area (Å²) in [6.45, 7) is 0.426. The molecule has 0 radical (unpaired) electrons. The van der Waals surface area contributed by atoms with Gasteiger partial charge in [-0.2, -0.15) is 17.0 Å². The van der Waals surface area contributed by atoms with Gasteiger partial charge in [0.15, 0.2) is 0 Å². The van der Waals surface area contributed by atoms with Crippen LogP contribution in [0.1, 0.15) is 22.5 Å². The Morgan fingerprint density at radius 3 is 2.83 bits per heavy atom. The maximum Gasteiger partial charge on any atom is 0.269 e. The van der Waals surface area contributed by atoms with Gasteiger partial charge >= 0.3 is 0 Å². The molecule has 0 aliphatic heterocycles. The fourth-order valence-electron chi connectivity index (χ4n) is 2.84. The second-order valence-corrected chi connectivity index (χ2v) is 8.75. The molecule has 5 nitrogen and oxygen atoms in total. The van der Waals surface area contributed by atoms with E-state index in [0.717, 1.165) is 23.5 Å². The van der Waals surface area contributed by atoms with E-state index < -0.39 is 5.78 Å². The van der Waals surface area contributed by atoms with Gasteiger partial charge in [-0.15, -0.1) is 11.3 Å². The predicted molar refractivity (Wildman–Crippen MR) is 123 cm³/mol. The Labute approximate surface area is 187 Å². The van der Waals surface area contributed by atoms with Crippen molar-refractivity contribution < 1.29 is 4.79 Å². The van der Waals surface area contributed by atoms with Gasteiger partial charge in [0.05, 0.1) is 10.2 Å². The highest BCUT2D eigenvalue weighted by atomic mass is 35.5. The molecule has 2 aromatic heterocycles. The third kappa shape index (κ3) is 5.08. The lowest BCUT2D eigenvalue weighted by Gasteiger charge is -2.03. The van der Waals surface area contributed by atoms with Gasteiger partial charge in [-0.1, -0.05) is 29.8 Å². The molecule has 3 aromatic rings. The molecular formula is C22H18ClN3O2S2. The summed E-state index contributed by atoms with van der Waals surface area (Å²) in [6, 6.07) is 13.9. The van der Waals surface area contributed by atoms with Crippen LogP contribution in [0.15, 0.2) is 53.5 Å². The van der Waals surface area contributed by atoms with Gasteiger partial charge in [-0.05, 0) is 48.8 Å². The molecule has 0 spiro atoms. The van der Waals surface area contributed by atoms with Crippen molar-refractivity contribution in [2.24, 2.45) is 0 Å². The molecule has 30 heavy (non-hydrogen) atoms. The number of rotatable bonds is 7. The average Bonchev–Trinajstić information content (AvgIpc) is 3.05. The molecular weight excluding hydrogens is 438 g/mol. The predicted octanol–water partition coefficient (Wildman–Crippen LogP) is 3.10. The zero-order valence-electron chi connectivity index (χ0n) is 16.2. The number of thioether (sulfide) groups is 1. The molecule has 152 valence electrons. The average molecular weight is 456 g/mol. The van der Waals surface area contributed by atoms with Crippen LogP contribution in [0.4, 0.5) is 0 Å². The van der Waals surface area contributed by atoms with E-state index in [1.165, 1.54) is 10.6 Å². The number of carbonyl (C=O) groups excluding carboxylic acids is 1. The molecule has 0 saturated carbocycles. The van der Waals surface area contributed by atoms with Gasteiger partial charge in [-0.3, -0.25) is 19.1 Å². The fourth-order valence-corrected chi connectivity index (χ4v) is 4.56. The van der Waals surface area contributed by atoms with Crippen molar-refractivity contribution in [2.75, 3.05) is 12.0 Å². The van der Waals surface area contributed by atoms with Gasteiger partial charge in [0, 0.05) is 23.3 Å². The summed E-state index contributed by atoms with van der Waals surface area (Å²) in [5, 5.41) is 10.2. The summed E-state index contributed by atoms with van der Waals surface area (Å²) < 4.78 is 2.31. The van der Waals surface area contributed by atoms with Gasteiger partial charge in [0.2, 0.25) is 5.78 Å². The highest BCUT2D eigenvalue weighted by molar-refractivity contribution is 7.98. The zero-order valence-corrected chi connectivity index (χ0v) is 18.6. The minimum atomic E-state index is -0.454. The fraction of sp³-hybridized carbons (Fsp3) is 0.182. The third-order valence-electron chi connectivity index (χ3n) is 4.24. The molecule has 0 bridgehead atoms. The van der Waals surface area contributed by atoms with E-state index in [1.54, 1.807) is 54.4 Å². The van der Waals surface area contributed by atoms with Crippen LogP contribution in [0.5, 0.6) is 0 Å². The lowest BCUT2D eigenvalue weighted by Crippen LogP contribution is -2.33. The topological polar surface area (TPSA) is 75.8 Å². The smallest absolute Gasteiger partial charge is 0.269 e. The monoisotopic (exact) mass is 455 g/mol. The van der Waals surface area contributed by atoms with Crippen LogP contribution in [0, 0.1) is 11.3 Å². The molecule has 0 aliphatic carbocycles. The molecule has 0 aliphatic rings. The summed E-state index contributed by atoms with van der Waals surface area (Å²) in [6.07, 6.45) is 6.07. The number of hydrogen-bond acceptors (Lipinski definition) is 6. The molecule has 0 N–H and O–H groups in total. The van der Waals surface area contributed by atoms with Crippen molar-refractivity contribution in [2.45, 2.75) is 13.0 Å². The normalized spacial score (nSPS) is 12.5. The highest BCUT2D eigenvalue weighted by Crippen LogP contribution is 2.14. The first-order valence-electron chi connectivity index (χ1n) is 9.11. The Balaban J connectivity index is 2.23. The van der Waals surface area contributed by atoms with Crippen molar-refractivity contribution in [1.29, 1.82) is 5.26 Å². The molecule has 0 unspecified atom stereocenters. The van der Waals surface area contributed by atoms with Gasteiger partial charge in [0.25, 0.3) is 5.56 Å². The first kappa shape index (κ1) is 22.0. The molecule has 0 amide bonds. The second-order valence-electron chi connectivity index (χ2n) is 6.30. The number of carbonyl (C=O) groups is 1. The van der Waals surface area contributed by atoms with E-state index in [1.807, 2.05) is 18.4 Å². The molecule has 2 heterocycles. The van der Waals surface area contributed by atoms with Crippen LogP contribution in [0.3, 0.4) is 0 Å². The number of nitrogens with zero attached hydrogens (tertiary/aromatic N) is 3. The molecule has 8 heteroatoms. The number of hydrogen-bond donors (Lipinski definition) is 0. The molecule has 0 fully saturated rings. The van der Waals surface area contributed by atoms with Crippen LogP contribution in [-0.2, 0) is 6.54 Å². The zero-order chi connectivity index (χ0) is 21.5. The second kappa shape index (κ2) is 10.4. The van der Waals surface area contributed by atoms with Crippen LogP contribution >= 0.6 is 34.7 Å². The van der Waals surface area contributed by atoms with Crippen molar-refractivity contribution in [3.05, 3.63) is 84.5 Å². The number of nitriles is 1. The molecule has 0 saturated heterocycles. The summed E-state index contributed by atoms with van der Waals surface area (Å²) >= 11 is 8.82. The molecule has 3 rings (SSSR count). The largest absolute Gasteiger partial charge is 0.298 e.